The molecule has 5 nitrogen and oxygen atoms in total. The number of ether oxygens (including phenoxy) is 2. The van der Waals surface area contributed by atoms with E-state index in [1.54, 1.807) is 13.2 Å². The summed E-state index contributed by atoms with van der Waals surface area (Å²) in [6.07, 6.45) is 0.728. The quantitative estimate of drug-likeness (QED) is 0.498. The second kappa shape index (κ2) is 9.13. The van der Waals surface area contributed by atoms with E-state index < -0.39 is 0 Å². The van der Waals surface area contributed by atoms with Crippen molar-refractivity contribution in [3.63, 3.8) is 0 Å². The van der Waals surface area contributed by atoms with Crippen molar-refractivity contribution in [2.75, 3.05) is 20.3 Å². The third kappa shape index (κ3) is 6.90. The molecule has 0 fully saturated rings. The molecule has 0 saturated carbocycles. The molecule has 1 aromatic rings. The molecule has 116 valence electrons. The molecule has 0 atom stereocenters. The summed E-state index contributed by atoms with van der Waals surface area (Å²) in [6, 6.07) is 7.64. The maximum absolute atomic E-state index is 12.2. The lowest BCUT2D eigenvalue weighted by molar-refractivity contribution is 0.0959. The number of hydrogen-bond acceptors (Lipinski definition) is 4. The van der Waals surface area contributed by atoms with E-state index in [1.807, 2.05) is 39.0 Å². The Labute approximate surface area is 126 Å². The molecule has 0 saturated heterocycles. The van der Waals surface area contributed by atoms with Gasteiger partial charge in [-0.15, -0.1) is 0 Å². The minimum atomic E-state index is -0.218. The molecule has 1 amide bonds. The summed E-state index contributed by atoms with van der Waals surface area (Å²) in [5.74, 6) is -0.218. The van der Waals surface area contributed by atoms with Crippen LogP contribution in [0.15, 0.2) is 29.3 Å². The first-order valence-corrected chi connectivity index (χ1v) is 7.11. The molecule has 0 aliphatic rings. The average molecular weight is 292 g/mol. The molecule has 0 heterocycles. The fourth-order valence-electron chi connectivity index (χ4n) is 1.67. The van der Waals surface area contributed by atoms with Crippen LogP contribution in [0.2, 0.25) is 0 Å². The van der Waals surface area contributed by atoms with Crippen molar-refractivity contribution in [1.82, 2.24) is 5.32 Å². The van der Waals surface area contributed by atoms with Crippen molar-refractivity contribution in [2.24, 2.45) is 4.99 Å². The first kappa shape index (κ1) is 17.2. The van der Waals surface area contributed by atoms with Crippen LogP contribution in [0.5, 0.6) is 0 Å². The Bertz CT molecular complexity index is 484. The largest absolute Gasteiger partial charge is 0.462 e. The first-order valence-electron chi connectivity index (χ1n) is 7.11. The highest BCUT2D eigenvalue weighted by Gasteiger charge is 2.11. The van der Waals surface area contributed by atoms with E-state index in [0.717, 1.165) is 12.0 Å². The predicted molar refractivity (Wildman–Crippen MR) is 83.7 cm³/mol. The SMILES string of the molecule is COCCCN=C(NC(=O)c1cccc(C)c1)OC(C)C. The summed E-state index contributed by atoms with van der Waals surface area (Å²) in [4.78, 5) is 16.5. The molecule has 0 aliphatic heterocycles. The molecule has 21 heavy (non-hydrogen) atoms. The number of carbonyl (C=O) groups is 1. The van der Waals surface area contributed by atoms with Crippen molar-refractivity contribution in [3.8, 4) is 0 Å². The number of nitrogens with zero attached hydrogens (tertiary/aromatic N) is 1. The van der Waals surface area contributed by atoms with Gasteiger partial charge in [-0.25, -0.2) is 4.99 Å². The van der Waals surface area contributed by atoms with E-state index in [0.29, 0.717) is 18.7 Å². The number of rotatable bonds is 6. The number of amidine groups is 1. The molecule has 1 N–H and O–H groups in total. The van der Waals surface area contributed by atoms with Gasteiger partial charge in [-0.05, 0) is 39.3 Å². The lowest BCUT2D eigenvalue weighted by Gasteiger charge is -2.13. The Morgan fingerprint density at radius 3 is 2.76 bits per heavy atom. The van der Waals surface area contributed by atoms with E-state index in [4.69, 9.17) is 9.47 Å². The van der Waals surface area contributed by atoms with E-state index in [1.165, 1.54) is 0 Å². The second-order valence-electron chi connectivity index (χ2n) is 5.02. The third-order valence-electron chi connectivity index (χ3n) is 2.61. The highest BCUT2D eigenvalue weighted by molar-refractivity contribution is 6.04. The van der Waals surface area contributed by atoms with Gasteiger partial charge in [-0.2, -0.15) is 0 Å². The van der Waals surface area contributed by atoms with E-state index in [-0.39, 0.29) is 18.0 Å². The first-order chi connectivity index (χ1) is 10.0. The maximum Gasteiger partial charge on any atom is 0.291 e. The van der Waals surface area contributed by atoms with E-state index in [2.05, 4.69) is 10.3 Å². The summed E-state index contributed by atoms with van der Waals surface area (Å²) in [5, 5.41) is 2.72. The zero-order valence-electron chi connectivity index (χ0n) is 13.2. The molecule has 0 unspecified atom stereocenters. The summed E-state index contributed by atoms with van der Waals surface area (Å²) >= 11 is 0. The summed E-state index contributed by atoms with van der Waals surface area (Å²) in [7, 11) is 1.65. The number of methoxy groups -OCH3 is 1. The number of hydrogen-bond donors (Lipinski definition) is 1. The van der Waals surface area contributed by atoms with Crippen LogP contribution in [0.4, 0.5) is 0 Å². The number of benzene rings is 1. The molecule has 0 aliphatic carbocycles. The third-order valence-corrected chi connectivity index (χ3v) is 2.61. The van der Waals surface area contributed by atoms with Crippen LogP contribution in [0.1, 0.15) is 36.2 Å². The van der Waals surface area contributed by atoms with Gasteiger partial charge in [0, 0.05) is 25.8 Å². The van der Waals surface area contributed by atoms with Gasteiger partial charge >= 0.3 is 0 Å². The van der Waals surface area contributed by atoms with Crippen LogP contribution in [-0.2, 0) is 9.47 Å². The van der Waals surface area contributed by atoms with Crippen molar-refractivity contribution in [3.05, 3.63) is 35.4 Å². The van der Waals surface area contributed by atoms with Gasteiger partial charge in [-0.1, -0.05) is 17.7 Å². The molecule has 0 bridgehead atoms. The number of amides is 1. The Morgan fingerprint density at radius 2 is 2.14 bits per heavy atom. The van der Waals surface area contributed by atoms with Gasteiger partial charge in [0.15, 0.2) is 0 Å². The summed E-state index contributed by atoms with van der Waals surface area (Å²) in [6.45, 7) is 6.91. The molecule has 0 aromatic heterocycles. The lowest BCUT2D eigenvalue weighted by atomic mass is 10.1. The zero-order chi connectivity index (χ0) is 15.7. The number of carbonyl (C=O) groups excluding carboxylic acids is 1. The van der Waals surface area contributed by atoms with Gasteiger partial charge in [-0.3, -0.25) is 10.1 Å². The Balaban J connectivity index is 2.68. The predicted octanol–water partition coefficient (Wildman–Crippen LogP) is 2.54. The minimum absolute atomic E-state index is 0.0519. The normalized spacial score (nSPS) is 11.6. The summed E-state index contributed by atoms with van der Waals surface area (Å²) in [5.41, 5.74) is 1.62. The Hall–Kier alpha value is -1.88. The summed E-state index contributed by atoms with van der Waals surface area (Å²) < 4.78 is 10.5. The van der Waals surface area contributed by atoms with Crippen LogP contribution in [-0.4, -0.2) is 38.3 Å². The standard InChI is InChI=1S/C16H24N2O3/c1-12(2)21-16(17-9-6-10-20-4)18-15(19)14-8-5-7-13(3)11-14/h5,7-8,11-12H,6,9-10H2,1-4H3,(H,17,18,19). The fraction of sp³-hybridized carbons (Fsp3) is 0.500. The van der Waals surface area contributed by atoms with Crippen molar-refractivity contribution in [1.29, 1.82) is 0 Å². The van der Waals surface area contributed by atoms with Crippen LogP contribution >= 0.6 is 0 Å². The van der Waals surface area contributed by atoms with Crippen LogP contribution < -0.4 is 5.32 Å². The molecular formula is C16H24N2O3. The highest BCUT2D eigenvalue weighted by atomic mass is 16.5. The molecule has 5 heteroatoms. The van der Waals surface area contributed by atoms with Crippen molar-refractivity contribution < 1.29 is 14.3 Å². The minimum Gasteiger partial charge on any atom is -0.462 e. The molecule has 1 rings (SSSR count). The van der Waals surface area contributed by atoms with Gasteiger partial charge in [0.25, 0.3) is 11.9 Å². The highest BCUT2D eigenvalue weighted by Crippen LogP contribution is 2.04. The Kier molecular flexibility index (Phi) is 7.46. The van der Waals surface area contributed by atoms with Crippen LogP contribution in [0.25, 0.3) is 0 Å². The smallest absolute Gasteiger partial charge is 0.291 e. The van der Waals surface area contributed by atoms with E-state index in [9.17, 15) is 4.79 Å². The zero-order valence-corrected chi connectivity index (χ0v) is 13.2. The monoisotopic (exact) mass is 292 g/mol. The molecular weight excluding hydrogens is 268 g/mol. The maximum atomic E-state index is 12.2. The molecule has 1 aromatic carbocycles. The topological polar surface area (TPSA) is 59.9 Å². The second-order valence-corrected chi connectivity index (χ2v) is 5.02. The number of aryl methyl sites for hydroxylation is 1. The van der Waals surface area contributed by atoms with Crippen LogP contribution in [0.3, 0.4) is 0 Å². The van der Waals surface area contributed by atoms with Crippen molar-refractivity contribution >= 4 is 11.9 Å². The van der Waals surface area contributed by atoms with Gasteiger partial charge in [0.1, 0.15) is 0 Å². The van der Waals surface area contributed by atoms with Gasteiger partial charge in [0.05, 0.1) is 6.10 Å². The van der Waals surface area contributed by atoms with E-state index >= 15 is 0 Å². The molecule has 0 radical (unpaired) electrons. The van der Waals surface area contributed by atoms with Crippen LogP contribution in [0, 0.1) is 6.92 Å². The van der Waals surface area contributed by atoms with Gasteiger partial charge < -0.3 is 9.47 Å². The fourth-order valence-corrected chi connectivity index (χ4v) is 1.67. The Morgan fingerprint density at radius 1 is 1.38 bits per heavy atom. The lowest BCUT2D eigenvalue weighted by Crippen LogP contribution is -2.34. The number of nitrogens with one attached hydrogen (secondary N) is 1. The number of aliphatic imine (C=N–C) groups is 1. The van der Waals surface area contributed by atoms with Crippen molar-refractivity contribution in [2.45, 2.75) is 33.3 Å². The average Bonchev–Trinajstić information content (AvgIpc) is 2.42. The van der Waals surface area contributed by atoms with Gasteiger partial charge in [0.2, 0.25) is 0 Å². The molecule has 0 spiro atoms.